The molecule has 108 valence electrons. The molecule has 0 spiro atoms. The van der Waals surface area contributed by atoms with Gasteiger partial charge in [-0.3, -0.25) is 0 Å². The first kappa shape index (κ1) is 15.9. The lowest BCUT2D eigenvalue weighted by Gasteiger charge is -2.10. The number of unbranched alkanes of at least 4 members (excludes halogenated alkanes) is 3. The molecule has 19 heavy (non-hydrogen) atoms. The van der Waals surface area contributed by atoms with E-state index in [9.17, 15) is 0 Å². The highest BCUT2D eigenvalue weighted by molar-refractivity contribution is 5.46. The number of anilines is 1. The summed E-state index contributed by atoms with van der Waals surface area (Å²) < 4.78 is 5.72. The molecule has 0 saturated heterocycles. The van der Waals surface area contributed by atoms with Gasteiger partial charge in [-0.1, -0.05) is 40.0 Å². The van der Waals surface area contributed by atoms with Gasteiger partial charge in [-0.2, -0.15) is 0 Å². The van der Waals surface area contributed by atoms with Gasteiger partial charge >= 0.3 is 0 Å². The lowest BCUT2D eigenvalue weighted by atomic mass is 10.1. The highest BCUT2D eigenvalue weighted by atomic mass is 16.5. The Kier molecular flexibility index (Phi) is 8.11. The van der Waals surface area contributed by atoms with Gasteiger partial charge in [-0.25, -0.2) is 0 Å². The van der Waals surface area contributed by atoms with E-state index in [0.29, 0.717) is 0 Å². The van der Waals surface area contributed by atoms with E-state index < -0.39 is 0 Å². The van der Waals surface area contributed by atoms with E-state index in [2.05, 4.69) is 50.4 Å². The van der Waals surface area contributed by atoms with Crippen LogP contribution in [0.25, 0.3) is 0 Å². The highest BCUT2D eigenvalue weighted by Gasteiger charge is 1.97. The first-order valence-electron chi connectivity index (χ1n) is 7.69. The molecule has 0 bridgehead atoms. The maximum atomic E-state index is 5.72. The van der Waals surface area contributed by atoms with Gasteiger partial charge in [-0.05, 0) is 43.0 Å². The van der Waals surface area contributed by atoms with Crippen molar-refractivity contribution in [2.75, 3.05) is 18.5 Å². The lowest BCUT2D eigenvalue weighted by Crippen LogP contribution is -2.04. The fourth-order valence-electron chi connectivity index (χ4n) is 1.89. The SMILES string of the molecule is CCCCCCOc1ccc(NCCC(C)C)cc1. The minimum Gasteiger partial charge on any atom is -0.494 e. The topological polar surface area (TPSA) is 21.3 Å². The zero-order valence-corrected chi connectivity index (χ0v) is 12.7. The minimum atomic E-state index is 0.748. The summed E-state index contributed by atoms with van der Waals surface area (Å²) >= 11 is 0. The van der Waals surface area contributed by atoms with Crippen LogP contribution in [0, 0.1) is 5.92 Å². The average Bonchev–Trinajstić information content (AvgIpc) is 2.40. The average molecular weight is 263 g/mol. The largest absolute Gasteiger partial charge is 0.494 e. The first-order valence-corrected chi connectivity index (χ1v) is 7.69. The monoisotopic (exact) mass is 263 g/mol. The molecule has 1 N–H and O–H groups in total. The van der Waals surface area contributed by atoms with Gasteiger partial charge in [0.2, 0.25) is 0 Å². The summed E-state index contributed by atoms with van der Waals surface area (Å²) in [5.74, 6) is 1.73. The van der Waals surface area contributed by atoms with Crippen LogP contribution >= 0.6 is 0 Å². The summed E-state index contributed by atoms with van der Waals surface area (Å²) in [4.78, 5) is 0. The van der Waals surface area contributed by atoms with Crippen molar-refractivity contribution in [3.05, 3.63) is 24.3 Å². The summed E-state index contributed by atoms with van der Waals surface area (Å²) in [6.07, 6.45) is 6.21. The summed E-state index contributed by atoms with van der Waals surface area (Å²) in [5, 5.41) is 3.43. The lowest BCUT2D eigenvalue weighted by molar-refractivity contribution is 0.305. The standard InChI is InChI=1S/C17H29NO/c1-4-5-6-7-14-19-17-10-8-16(9-11-17)18-13-12-15(2)3/h8-11,15,18H,4-7,12-14H2,1-3H3. The second-order valence-corrected chi connectivity index (χ2v) is 5.54. The summed E-state index contributed by atoms with van der Waals surface area (Å²) in [6.45, 7) is 8.59. The Morgan fingerprint density at radius 3 is 2.42 bits per heavy atom. The van der Waals surface area contributed by atoms with Crippen LogP contribution in [-0.4, -0.2) is 13.2 Å². The Hall–Kier alpha value is -1.18. The Balaban J connectivity index is 2.19. The molecular formula is C17H29NO. The van der Waals surface area contributed by atoms with Gasteiger partial charge in [0.05, 0.1) is 6.61 Å². The van der Waals surface area contributed by atoms with Crippen LogP contribution in [0.5, 0.6) is 5.75 Å². The quantitative estimate of drug-likeness (QED) is 0.593. The Morgan fingerprint density at radius 2 is 1.79 bits per heavy atom. The van der Waals surface area contributed by atoms with Crippen LogP contribution in [0.2, 0.25) is 0 Å². The third-order valence-corrected chi connectivity index (χ3v) is 3.17. The van der Waals surface area contributed by atoms with E-state index in [1.807, 2.05) is 0 Å². The van der Waals surface area contributed by atoms with Crippen molar-refractivity contribution in [1.29, 1.82) is 0 Å². The van der Waals surface area contributed by atoms with E-state index in [1.165, 1.54) is 31.4 Å². The van der Waals surface area contributed by atoms with Crippen LogP contribution in [-0.2, 0) is 0 Å². The summed E-state index contributed by atoms with van der Waals surface area (Å²) in [6, 6.07) is 8.30. The molecule has 0 amide bonds. The molecule has 0 aliphatic heterocycles. The molecule has 2 heteroatoms. The van der Waals surface area contributed by atoms with Crippen molar-refractivity contribution in [2.45, 2.75) is 52.9 Å². The van der Waals surface area contributed by atoms with Crippen molar-refractivity contribution in [3.63, 3.8) is 0 Å². The fourth-order valence-corrected chi connectivity index (χ4v) is 1.89. The second-order valence-electron chi connectivity index (χ2n) is 5.54. The van der Waals surface area contributed by atoms with E-state index in [-0.39, 0.29) is 0 Å². The van der Waals surface area contributed by atoms with Gasteiger partial charge in [-0.15, -0.1) is 0 Å². The number of nitrogens with one attached hydrogen (secondary N) is 1. The highest BCUT2D eigenvalue weighted by Crippen LogP contribution is 2.16. The van der Waals surface area contributed by atoms with Gasteiger partial charge in [0.25, 0.3) is 0 Å². The number of rotatable bonds is 10. The molecule has 0 radical (unpaired) electrons. The molecule has 1 aromatic rings. The molecule has 2 nitrogen and oxygen atoms in total. The van der Waals surface area contributed by atoms with E-state index in [1.54, 1.807) is 0 Å². The predicted molar refractivity (Wildman–Crippen MR) is 84.0 cm³/mol. The molecule has 0 heterocycles. The molecule has 1 rings (SSSR count). The third-order valence-electron chi connectivity index (χ3n) is 3.17. The second kappa shape index (κ2) is 9.71. The van der Waals surface area contributed by atoms with Gasteiger partial charge in [0.15, 0.2) is 0 Å². The van der Waals surface area contributed by atoms with Gasteiger partial charge < -0.3 is 10.1 Å². The fraction of sp³-hybridized carbons (Fsp3) is 0.647. The Morgan fingerprint density at radius 1 is 1.05 bits per heavy atom. The summed E-state index contributed by atoms with van der Waals surface area (Å²) in [7, 11) is 0. The van der Waals surface area contributed by atoms with Crippen LogP contribution in [0.1, 0.15) is 52.9 Å². The molecular weight excluding hydrogens is 234 g/mol. The van der Waals surface area contributed by atoms with E-state index >= 15 is 0 Å². The van der Waals surface area contributed by atoms with Crippen molar-refractivity contribution in [1.82, 2.24) is 0 Å². The first-order chi connectivity index (χ1) is 9.22. The van der Waals surface area contributed by atoms with Crippen molar-refractivity contribution in [2.24, 2.45) is 5.92 Å². The molecule has 0 aliphatic rings. The number of ether oxygens (including phenoxy) is 1. The van der Waals surface area contributed by atoms with Gasteiger partial charge in [0, 0.05) is 12.2 Å². The maximum Gasteiger partial charge on any atom is 0.119 e. The van der Waals surface area contributed by atoms with Crippen molar-refractivity contribution in [3.8, 4) is 5.75 Å². The molecule has 0 saturated carbocycles. The molecule has 0 aliphatic carbocycles. The summed E-state index contributed by atoms with van der Waals surface area (Å²) in [5.41, 5.74) is 1.18. The van der Waals surface area contributed by atoms with Crippen molar-refractivity contribution < 1.29 is 4.74 Å². The van der Waals surface area contributed by atoms with Crippen LogP contribution in [0.15, 0.2) is 24.3 Å². The molecule has 0 fully saturated rings. The number of hydrogen-bond acceptors (Lipinski definition) is 2. The Labute approximate surface area is 118 Å². The smallest absolute Gasteiger partial charge is 0.119 e. The molecule has 0 unspecified atom stereocenters. The Bertz CT molecular complexity index is 319. The van der Waals surface area contributed by atoms with Gasteiger partial charge in [0.1, 0.15) is 5.75 Å². The maximum absolute atomic E-state index is 5.72. The minimum absolute atomic E-state index is 0.748. The zero-order chi connectivity index (χ0) is 13.9. The van der Waals surface area contributed by atoms with Crippen LogP contribution in [0.4, 0.5) is 5.69 Å². The van der Waals surface area contributed by atoms with E-state index in [0.717, 1.165) is 31.2 Å². The van der Waals surface area contributed by atoms with Crippen LogP contribution < -0.4 is 10.1 Å². The van der Waals surface area contributed by atoms with Crippen LogP contribution in [0.3, 0.4) is 0 Å². The molecule has 1 aromatic carbocycles. The molecule has 0 aromatic heterocycles. The third kappa shape index (κ3) is 7.76. The molecule has 0 atom stereocenters. The number of benzene rings is 1. The van der Waals surface area contributed by atoms with Crippen molar-refractivity contribution >= 4 is 5.69 Å². The number of hydrogen-bond donors (Lipinski definition) is 1. The van der Waals surface area contributed by atoms with E-state index in [4.69, 9.17) is 4.74 Å². The zero-order valence-electron chi connectivity index (χ0n) is 12.7. The normalized spacial score (nSPS) is 10.7. The predicted octanol–water partition coefficient (Wildman–Crippen LogP) is 5.10.